The molecule has 0 radical (unpaired) electrons. The third-order valence-electron chi connectivity index (χ3n) is 4.75. The summed E-state index contributed by atoms with van der Waals surface area (Å²) in [5.41, 5.74) is 1.78. The van der Waals surface area contributed by atoms with E-state index >= 15 is 0 Å². The number of carbonyl (C=O) groups excluding carboxylic acids is 2. The zero-order chi connectivity index (χ0) is 19.4. The fraction of sp³-hybridized carbons (Fsp3) is 0.333. The number of amides is 2. The minimum absolute atomic E-state index is 0.00362. The Balaban J connectivity index is 1.61. The van der Waals surface area contributed by atoms with Crippen molar-refractivity contribution >= 4 is 43.7 Å². The van der Waals surface area contributed by atoms with E-state index in [-0.39, 0.29) is 17.9 Å². The van der Waals surface area contributed by atoms with Crippen molar-refractivity contribution in [1.82, 2.24) is 10.2 Å². The number of likely N-dealkylation sites (tertiary alicyclic amines) is 1. The molecule has 0 aromatic heterocycles. The summed E-state index contributed by atoms with van der Waals surface area (Å²) in [6.07, 6.45) is 2.31. The summed E-state index contributed by atoms with van der Waals surface area (Å²) in [4.78, 5) is 27.3. The van der Waals surface area contributed by atoms with Gasteiger partial charge >= 0.3 is 0 Å². The number of hydrogen-bond acceptors (Lipinski definition) is 2. The van der Waals surface area contributed by atoms with Crippen LogP contribution in [0.15, 0.2) is 57.5 Å². The Morgan fingerprint density at radius 3 is 2.30 bits per heavy atom. The van der Waals surface area contributed by atoms with E-state index in [1.807, 2.05) is 43.3 Å². The molecule has 1 fully saturated rings. The molecule has 4 nitrogen and oxygen atoms in total. The molecule has 2 unspecified atom stereocenters. The first-order valence-electron chi connectivity index (χ1n) is 9.05. The van der Waals surface area contributed by atoms with E-state index in [2.05, 4.69) is 37.2 Å². The van der Waals surface area contributed by atoms with Crippen LogP contribution in [-0.4, -0.2) is 35.3 Å². The zero-order valence-electron chi connectivity index (χ0n) is 15.1. The first-order chi connectivity index (χ1) is 12.9. The Labute approximate surface area is 176 Å². The summed E-state index contributed by atoms with van der Waals surface area (Å²) in [6, 6.07) is 15.0. The fourth-order valence-electron chi connectivity index (χ4n) is 3.40. The summed E-state index contributed by atoms with van der Waals surface area (Å²) in [6.45, 7) is 2.61. The first kappa shape index (κ1) is 20.1. The SMILES string of the molecule is CC(Cc1ccc(Br)cc1)NC(=O)C1CCCN1C(=O)c1ccc(Br)cc1. The standard InChI is InChI=1S/C21H22Br2N2O2/c1-14(13-15-4-8-17(22)9-5-15)24-20(26)19-3-2-12-25(19)21(27)16-6-10-18(23)11-7-16/h4-11,14,19H,2-3,12-13H2,1H3,(H,24,26). The molecule has 6 heteroatoms. The van der Waals surface area contributed by atoms with E-state index in [0.29, 0.717) is 18.5 Å². The van der Waals surface area contributed by atoms with Gasteiger partial charge in [-0.2, -0.15) is 0 Å². The molecule has 3 rings (SSSR count). The van der Waals surface area contributed by atoms with Crippen molar-refractivity contribution in [3.8, 4) is 0 Å². The van der Waals surface area contributed by atoms with Gasteiger partial charge in [-0.15, -0.1) is 0 Å². The number of hydrogen-bond donors (Lipinski definition) is 1. The fourth-order valence-corrected chi connectivity index (χ4v) is 3.93. The summed E-state index contributed by atoms with van der Waals surface area (Å²) < 4.78 is 1.97. The second-order valence-electron chi connectivity index (χ2n) is 6.90. The highest BCUT2D eigenvalue weighted by atomic mass is 79.9. The molecule has 2 amide bonds. The molecule has 2 aromatic carbocycles. The van der Waals surface area contributed by atoms with Crippen molar-refractivity contribution in [3.63, 3.8) is 0 Å². The number of benzene rings is 2. The summed E-state index contributed by atoms with van der Waals surface area (Å²) in [5.74, 6) is -0.150. The van der Waals surface area contributed by atoms with Gasteiger partial charge in [-0.1, -0.05) is 44.0 Å². The Bertz CT molecular complexity index is 806. The van der Waals surface area contributed by atoms with Crippen LogP contribution in [0.1, 0.15) is 35.7 Å². The molecular weight excluding hydrogens is 472 g/mol. The predicted octanol–water partition coefficient (Wildman–Crippen LogP) is 4.56. The maximum Gasteiger partial charge on any atom is 0.254 e. The molecule has 0 bridgehead atoms. The molecule has 1 aliphatic rings. The highest BCUT2D eigenvalue weighted by molar-refractivity contribution is 9.10. The summed E-state index contributed by atoms with van der Waals surface area (Å²) >= 11 is 6.81. The van der Waals surface area contributed by atoms with Gasteiger partial charge < -0.3 is 10.2 Å². The lowest BCUT2D eigenvalue weighted by atomic mass is 10.1. The molecule has 2 atom stereocenters. The van der Waals surface area contributed by atoms with Crippen molar-refractivity contribution in [2.24, 2.45) is 0 Å². The Morgan fingerprint density at radius 1 is 1.07 bits per heavy atom. The van der Waals surface area contributed by atoms with E-state index in [1.54, 1.807) is 17.0 Å². The lowest BCUT2D eigenvalue weighted by Crippen LogP contribution is -2.48. The van der Waals surface area contributed by atoms with Crippen LogP contribution in [-0.2, 0) is 11.2 Å². The molecule has 2 aromatic rings. The zero-order valence-corrected chi connectivity index (χ0v) is 18.3. The van der Waals surface area contributed by atoms with Crippen LogP contribution in [0.5, 0.6) is 0 Å². The third-order valence-corrected chi connectivity index (χ3v) is 5.81. The van der Waals surface area contributed by atoms with Gasteiger partial charge in [0.25, 0.3) is 5.91 Å². The van der Waals surface area contributed by atoms with Crippen LogP contribution in [0.3, 0.4) is 0 Å². The van der Waals surface area contributed by atoms with Gasteiger partial charge in [-0.05, 0) is 68.1 Å². The number of halogens is 2. The van der Waals surface area contributed by atoms with Crippen molar-refractivity contribution in [2.45, 2.75) is 38.3 Å². The predicted molar refractivity (Wildman–Crippen MR) is 114 cm³/mol. The van der Waals surface area contributed by atoms with Crippen LogP contribution in [0, 0.1) is 0 Å². The van der Waals surface area contributed by atoms with Crippen LogP contribution < -0.4 is 5.32 Å². The van der Waals surface area contributed by atoms with Crippen LogP contribution in [0.2, 0.25) is 0 Å². The minimum atomic E-state index is -0.395. The van der Waals surface area contributed by atoms with E-state index in [1.165, 1.54) is 5.56 Å². The van der Waals surface area contributed by atoms with Gasteiger partial charge in [-0.25, -0.2) is 0 Å². The van der Waals surface area contributed by atoms with Gasteiger partial charge in [0.2, 0.25) is 5.91 Å². The van der Waals surface area contributed by atoms with Gasteiger partial charge in [0.05, 0.1) is 0 Å². The van der Waals surface area contributed by atoms with E-state index in [4.69, 9.17) is 0 Å². The number of rotatable bonds is 5. The van der Waals surface area contributed by atoms with Crippen LogP contribution in [0.25, 0.3) is 0 Å². The van der Waals surface area contributed by atoms with E-state index in [9.17, 15) is 9.59 Å². The number of nitrogens with one attached hydrogen (secondary N) is 1. The van der Waals surface area contributed by atoms with Crippen LogP contribution in [0.4, 0.5) is 0 Å². The summed E-state index contributed by atoms with van der Waals surface area (Å²) in [7, 11) is 0. The maximum absolute atomic E-state index is 12.8. The Hall–Kier alpha value is -1.66. The first-order valence-corrected chi connectivity index (χ1v) is 10.6. The van der Waals surface area contributed by atoms with Gasteiger partial charge in [0.1, 0.15) is 6.04 Å². The van der Waals surface area contributed by atoms with E-state index in [0.717, 1.165) is 21.8 Å². The lowest BCUT2D eigenvalue weighted by Gasteiger charge is -2.25. The number of nitrogens with zero attached hydrogens (tertiary/aromatic N) is 1. The Morgan fingerprint density at radius 2 is 1.67 bits per heavy atom. The van der Waals surface area contributed by atoms with Crippen molar-refractivity contribution in [1.29, 1.82) is 0 Å². The molecule has 0 aliphatic carbocycles. The molecule has 0 spiro atoms. The van der Waals surface area contributed by atoms with Crippen molar-refractivity contribution in [3.05, 3.63) is 68.6 Å². The van der Waals surface area contributed by atoms with Crippen molar-refractivity contribution in [2.75, 3.05) is 6.54 Å². The quantitative estimate of drug-likeness (QED) is 0.663. The molecular formula is C21H22Br2N2O2. The third kappa shape index (κ3) is 5.20. The average molecular weight is 494 g/mol. The largest absolute Gasteiger partial charge is 0.352 e. The second-order valence-corrected chi connectivity index (χ2v) is 8.74. The normalized spacial score (nSPS) is 17.6. The highest BCUT2D eigenvalue weighted by Crippen LogP contribution is 2.22. The molecule has 142 valence electrons. The molecule has 1 N–H and O–H groups in total. The topological polar surface area (TPSA) is 49.4 Å². The second kappa shape index (κ2) is 9.02. The minimum Gasteiger partial charge on any atom is -0.352 e. The highest BCUT2D eigenvalue weighted by Gasteiger charge is 2.34. The molecule has 1 heterocycles. The van der Waals surface area contributed by atoms with Gasteiger partial charge in [0, 0.05) is 27.1 Å². The monoisotopic (exact) mass is 492 g/mol. The van der Waals surface area contributed by atoms with Gasteiger partial charge in [-0.3, -0.25) is 9.59 Å². The maximum atomic E-state index is 12.8. The average Bonchev–Trinajstić information content (AvgIpc) is 3.13. The molecule has 1 aliphatic heterocycles. The smallest absolute Gasteiger partial charge is 0.254 e. The van der Waals surface area contributed by atoms with Crippen molar-refractivity contribution < 1.29 is 9.59 Å². The number of carbonyl (C=O) groups is 2. The van der Waals surface area contributed by atoms with E-state index < -0.39 is 6.04 Å². The molecule has 1 saturated heterocycles. The Kier molecular flexibility index (Phi) is 6.71. The van der Waals surface area contributed by atoms with Crippen LogP contribution >= 0.6 is 31.9 Å². The molecule has 27 heavy (non-hydrogen) atoms. The summed E-state index contributed by atoms with van der Waals surface area (Å²) in [5, 5.41) is 3.08. The van der Waals surface area contributed by atoms with Gasteiger partial charge in [0.15, 0.2) is 0 Å². The lowest BCUT2D eigenvalue weighted by molar-refractivity contribution is -0.125. The molecule has 0 saturated carbocycles.